The molecule has 0 amide bonds. The SMILES string of the molecule is CC(=O)[C@H]1CNC[C@@H](C(=O)I)C1. The first-order valence-corrected chi connectivity index (χ1v) is 5.09. The Morgan fingerprint density at radius 1 is 1.33 bits per heavy atom. The van der Waals surface area contributed by atoms with Crippen molar-refractivity contribution in [3.05, 3.63) is 0 Å². The molecule has 12 heavy (non-hydrogen) atoms. The van der Waals surface area contributed by atoms with Gasteiger partial charge in [0, 0.05) is 24.9 Å². The van der Waals surface area contributed by atoms with Crippen LogP contribution in [0, 0.1) is 11.8 Å². The summed E-state index contributed by atoms with van der Waals surface area (Å²) >= 11 is 1.80. The number of ketones is 1. The van der Waals surface area contributed by atoms with E-state index in [9.17, 15) is 9.59 Å². The van der Waals surface area contributed by atoms with E-state index in [4.69, 9.17) is 0 Å². The van der Waals surface area contributed by atoms with Gasteiger partial charge in [-0.15, -0.1) is 0 Å². The van der Waals surface area contributed by atoms with Crippen LogP contribution in [0.4, 0.5) is 0 Å². The highest BCUT2D eigenvalue weighted by atomic mass is 127. The first-order valence-electron chi connectivity index (χ1n) is 4.01. The second-order valence-corrected chi connectivity index (χ2v) is 4.27. The van der Waals surface area contributed by atoms with Gasteiger partial charge in [-0.1, -0.05) is 0 Å². The monoisotopic (exact) mass is 281 g/mol. The molecule has 4 heteroatoms. The zero-order valence-electron chi connectivity index (χ0n) is 6.97. The van der Waals surface area contributed by atoms with Crippen molar-refractivity contribution in [2.45, 2.75) is 13.3 Å². The van der Waals surface area contributed by atoms with E-state index in [0.29, 0.717) is 0 Å². The summed E-state index contributed by atoms with van der Waals surface area (Å²) in [5.74, 6) is 0.264. The van der Waals surface area contributed by atoms with Crippen LogP contribution in [0.5, 0.6) is 0 Å². The standard InChI is InChI=1S/C8H12INO2/c1-5(11)6-2-7(8(9)12)4-10-3-6/h6-7,10H,2-4H2,1H3/t6-,7+/m1/s1. The van der Waals surface area contributed by atoms with Gasteiger partial charge in [-0.2, -0.15) is 0 Å². The van der Waals surface area contributed by atoms with Crippen molar-refractivity contribution >= 4 is 32.2 Å². The van der Waals surface area contributed by atoms with Gasteiger partial charge in [-0.3, -0.25) is 9.59 Å². The quantitative estimate of drug-likeness (QED) is 0.600. The smallest absolute Gasteiger partial charge is 0.196 e. The molecule has 0 spiro atoms. The third-order valence-electron chi connectivity index (χ3n) is 2.25. The average Bonchev–Trinajstić information content (AvgIpc) is 2.04. The third kappa shape index (κ3) is 2.52. The summed E-state index contributed by atoms with van der Waals surface area (Å²) in [6, 6.07) is 0. The largest absolute Gasteiger partial charge is 0.315 e. The molecular formula is C8H12INO2. The number of halogens is 1. The second kappa shape index (κ2) is 4.32. The molecule has 1 aliphatic rings. The van der Waals surface area contributed by atoms with E-state index in [-0.39, 0.29) is 21.4 Å². The highest BCUT2D eigenvalue weighted by molar-refractivity contribution is 14.1. The van der Waals surface area contributed by atoms with Crippen LogP contribution >= 0.6 is 22.6 Å². The van der Waals surface area contributed by atoms with Crippen LogP contribution in [0.25, 0.3) is 0 Å². The molecule has 1 N–H and O–H groups in total. The maximum atomic E-state index is 11.0. The number of nitrogens with one attached hydrogen (secondary N) is 1. The Hall–Kier alpha value is 0.0300. The Balaban J connectivity index is 2.51. The number of hydrogen-bond donors (Lipinski definition) is 1. The summed E-state index contributed by atoms with van der Waals surface area (Å²) in [4.78, 5) is 22.0. The molecule has 0 bridgehead atoms. The van der Waals surface area contributed by atoms with Gasteiger partial charge in [0.1, 0.15) is 5.78 Å². The van der Waals surface area contributed by atoms with Crippen molar-refractivity contribution in [1.29, 1.82) is 0 Å². The molecule has 0 aromatic heterocycles. The minimum Gasteiger partial charge on any atom is -0.315 e. The van der Waals surface area contributed by atoms with Gasteiger partial charge >= 0.3 is 0 Å². The van der Waals surface area contributed by atoms with Crippen molar-refractivity contribution in [3.8, 4) is 0 Å². The normalized spacial score (nSPS) is 29.8. The Morgan fingerprint density at radius 3 is 2.42 bits per heavy atom. The van der Waals surface area contributed by atoms with Gasteiger partial charge in [-0.05, 0) is 35.9 Å². The molecule has 1 rings (SSSR count). The molecule has 0 aromatic carbocycles. The number of carbonyl (C=O) groups excluding carboxylic acids is 2. The highest BCUT2D eigenvalue weighted by Crippen LogP contribution is 2.19. The summed E-state index contributed by atoms with van der Waals surface area (Å²) in [7, 11) is 0. The fourth-order valence-corrected chi connectivity index (χ4v) is 1.90. The van der Waals surface area contributed by atoms with E-state index in [1.165, 1.54) is 0 Å². The molecule has 1 fully saturated rings. The fourth-order valence-electron chi connectivity index (χ4n) is 1.42. The van der Waals surface area contributed by atoms with E-state index < -0.39 is 0 Å². The summed E-state index contributed by atoms with van der Waals surface area (Å²) in [5.41, 5.74) is 0. The maximum absolute atomic E-state index is 11.0. The molecule has 3 nitrogen and oxygen atoms in total. The Morgan fingerprint density at radius 2 is 1.92 bits per heavy atom. The van der Waals surface area contributed by atoms with E-state index in [1.807, 2.05) is 0 Å². The molecule has 0 aliphatic carbocycles. The predicted molar refractivity (Wildman–Crippen MR) is 54.2 cm³/mol. The van der Waals surface area contributed by atoms with Crippen molar-refractivity contribution in [2.75, 3.05) is 13.1 Å². The van der Waals surface area contributed by atoms with Crippen molar-refractivity contribution in [3.63, 3.8) is 0 Å². The first kappa shape index (κ1) is 10.1. The minimum absolute atomic E-state index is 0.0354. The number of rotatable bonds is 2. The average molecular weight is 281 g/mol. The van der Waals surface area contributed by atoms with Gasteiger partial charge in [0.05, 0.1) is 0 Å². The molecule has 1 aliphatic heterocycles. The van der Waals surface area contributed by atoms with Gasteiger partial charge < -0.3 is 5.32 Å². The molecule has 1 heterocycles. The van der Waals surface area contributed by atoms with Crippen molar-refractivity contribution < 1.29 is 9.59 Å². The highest BCUT2D eigenvalue weighted by Gasteiger charge is 2.27. The lowest BCUT2D eigenvalue weighted by atomic mass is 9.89. The Kier molecular flexibility index (Phi) is 3.64. The van der Waals surface area contributed by atoms with Gasteiger partial charge in [0.15, 0.2) is 3.79 Å². The van der Waals surface area contributed by atoms with Crippen LogP contribution in [-0.2, 0) is 9.59 Å². The van der Waals surface area contributed by atoms with Crippen molar-refractivity contribution in [2.24, 2.45) is 11.8 Å². The third-order valence-corrected chi connectivity index (χ3v) is 3.13. The summed E-state index contributed by atoms with van der Waals surface area (Å²) in [6.07, 6.45) is 0.726. The van der Waals surface area contributed by atoms with Crippen LogP contribution < -0.4 is 5.32 Å². The van der Waals surface area contributed by atoms with Crippen LogP contribution in [0.3, 0.4) is 0 Å². The van der Waals surface area contributed by atoms with E-state index in [1.54, 1.807) is 29.5 Å². The second-order valence-electron chi connectivity index (χ2n) is 3.20. The molecule has 0 saturated carbocycles. The Labute approximate surface area is 85.4 Å². The summed E-state index contributed by atoms with van der Waals surface area (Å²) < 4.78 is 0.158. The van der Waals surface area contributed by atoms with E-state index in [2.05, 4.69) is 5.32 Å². The first-order chi connectivity index (χ1) is 5.61. The number of piperidine rings is 1. The molecule has 0 unspecified atom stereocenters. The van der Waals surface area contributed by atoms with Gasteiger partial charge in [0.25, 0.3) is 0 Å². The van der Waals surface area contributed by atoms with Crippen LogP contribution in [-0.4, -0.2) is 22.7 Å². The maximum Gasteiger partial charge on any atom is 0.196 e. The molecule has 1 saturated heterocycles. The fraction of sp³-hybridized carbons (Fsp3) is 0.750. The van der Waals surface area contributed by atoms with Crippen LogP contribution in [0.1, 0.15) is 13.3 Å². The molecule has 2 atom stereocenters. The van der Waals surface area contributed by atoms with E-state index in [0.717, 1.165) is 19.5 Å². The van der Waals surface area contributed by atoms with Crippen LogP contribution in [0.2, 0.25) is 0 Å². The lowest BCUT2D eigenvalue weighted by Gasteiger charge is -2.25. The zero-order valence-corrected chi connectivity index (χ0v) is 9.13. The topological polar surface area (TPSA) is 46.2 Å². The molecule has 68 valence electrons. The minimum atomic E-state index is 0.0354. The molecule has 0 radical (unpaired) electrons. The van der Waals surface area contributed by atoms with Crippen LogP contribution in [0.15, 0.2) is 0 Å². The number of Topliss-reactive ketones (excluding diaryl/α,β-unsaturated/α-hetero) is 1. The number of hydrogen-bond acceptors (Lipinski definition) is 3. The Bertz CT molecular complexity index is 185. The lowest BCUT2D eigenvalue weighted by Crippen LogP contribution is -2.40. The summed E-state index contributed by atoms with van der Waals surface area (Å²) in [6.45, 7) is 3.05. The molecular weight excluding hydrogens is 269 g/mol. The van der Waals surface area contributed by atoms with E-state index >= 15 is 0 Å². The predicted octanol–water partition coefficient (Wildman–Crippen LogP) is 0.763. The van der Waals surface area contributed by atoms with Crippen molar-refractivity contribution in [1.82, 2.24) is 5.32 Å². The molecule has 0 aromatic rings. The van der Waals surface area contributed by atoms with Gasteiger partial charge in [-0.25, -0.2) is 0 Å². The van der Waals surface area contributed by atoms with Gasteiger partial charge in [0.2, 0.25) is 0 Å². The summed E-state index contributed by atoms with van der Waals surface area (Å²) in [5, 5.41) is 3.10. The lowest BCUT2D eigenvalue weighted by molar-refractivity contribution is -0.122. The number of carbonyl (C=O) groups is 2. The zero-order chi connectivity index (χ0) is 9.14.